The summed E-state index contributed by atoms with van der Waals surface area (Å²) in [4.78, 5) is 4.71. The second-order valence-corrected chi connectivity index (χ2v) is 5.56. The van der Waals surface area contributed by atoms with Crippen LogP contribution in [0.1, 0.15) is 11.1 Å². The van der Waals surface area contributed by atoms with Crippen LogP contribution in [0, 0.1) is 0 Å². The molecule has 0 spiro atoms. The first-order valence-corrected chi connectivity index (χ1v) is 7.42. The van der Waals surface area contributed by atoms with Crippen molar-refractivity contribution in [1.82, 2.24) is 4.98 Å². The lowest BCUT2D eigenvalue weighted by Crippen LogP contribution is -1.94. The molecule has 0 saturated carbocycles. The van der Waals surface area contributed by atoms with Gasteiger partial charge in [0.2, 0.25) is 0 Å². The number of pyridine rings is 1. The molecule has 1 heterocycles. The highest BCUT2D eigenvalue weighted by Crippen LogP contribution is 2.29. The maximum absolute atomic E-state index is 6.38. The molecule has 0 bridgehead atoms. The average Bonchev–Trinajstić information content (AvgIpc) is 2.57. The number of nitrogen functional groups attached to an aromatic ring is 1. The van der Waals surface area contributed by atoms with E-state index in [1.165, 1.54) is 11.1 Å². The van der Waals surface area contributed by atoms with Crippen molar-refractivity contribution in [2.75, 3.05) is 5.73 Å². The number of anilines is 1. The smallest absolute Gasteiger partial charge is 0.0730 e. The first kappa shape index (κ1) is 12.8. The maximum Gasteiger partial charge on any atom is 0.0730 e. The first-order valence-electron chi connectivity index (χ1n) is 7.42. The van der Waals surface area contributed by atoms with Gasteiger partial charge in [-0.2, -0.15) is 0 Å². The monoisotopic (exact) mass is 284 g/mol. The van der Waals surface area contributed by atoms with Crippen molar-refractivity contribution in [1.29, 1.82) is 0 Å². The molecule has 0 fully saturated rings. The summed E-state index contributed by atoms with van der Waals surface area (Å²) < 4.78 is 0. The van der Waals surface area contributed by atoms with E-state index in [-0.39, 0.29) is 0 Å². The molecule has 0 radical (unpaired) electrons. The van der Waals surface area contributed by atoms with E-state index in [1.54, 1.807) is 0 Å². The molecule has 2 N–H and O–H groups in total. The lowest BCUT2D eigenvalue weighted by molar-refractivity contribution is 1.20. The minimum atomic E-state index is 0.815. The van der Waals surface area contributed by atoms with Gasteiger partial charge >= 0.3 is 0 Å². The Labute approximate surface area is 129 Å². The third kappa shape index (κ3) is 2.19. The van der Waals surface area contributed by atoms with Gasteiger partial charge in [0.05, 0.1) is 16.7 Å². The number of aromatic nitrogens is 1. The predicted octanol–water partition coefficient (Wildman–Crippen LogP) is 4.56. The van der Waals surface area contributed by atoms with Gasteiger partial charge in [0.1, 0.15) is 0 Å². The fraction of sp³-hybridized carbons (Fsp3) is 0.0500. The number of para-hydroxylation sites is 1. The average molecular weight is 284 g/mol. The summed E-state index contributed by atoms with van der Waals surface area (Å²) in [5.41, 5.74) is 11.6. The molecule has 0 aliphatic rings. The van der Waals surface area contributed by atoms with Crippen LogP contribution in [0.2, 0.25) is 0 Å². The van der Waals surface area contributed by atoms with E-state index in [9.17, 15) is 0 Å². The Hall–Kier alpha value is -2.87. The molecule has 4 rings (SSSR count). The number of nitrogens with zero attached hydrogens (tertiary/aromatic N) is 1. The van der Waals surface area contributed by atoms with Crippen LogP contribution in [0.15, 0.2) is 72.8 Å². The molecule has 22 heavy (non-hydrogen) atoms. The van der Waals surface area contributed by atoms with Crippen molar-refractivity contribution in [3.8, 4) is 0 Å². The largest absolute Gasteiger partial charge is 0.398 e. The molecular weight excluding hydrogens is 268 g/mol. The highest BCUT2D eigenvalue weighted by Gasteiger charge is 2.07. The molecule has 0 amide bonds. The predicted molar refractivity (Wildman–Crippen MR) is 92.9 cm³/mol. The van der Waals surface area contributed by atoms with Crippen molar-refractivity contribution in [3.63, 3.8) is 0 Å². The summed E-state index contributed by atoms with van der Waals surface area (Å²) in [6.45, 7) is 0. The maximum atomic E-state index is 6.38. The van der Waals surface area contributed by atoms with Gasteiger partial charge in [-0.1, -0.05) is 54.6 Å². The summed E-state index contributed by atoms with van der Waals surface area (Å²) in [5, 5.41) is 2.05. The summed E-state index contributed by atoms with van der Waals surface area (Å²) in [6, 6.07) is 24.9. The molecule has 0 saturated heterocycles. The van der Waals surface area contributed by atoms with E-state index in [4.69, 9.17) is 10.7 Å². The van der Waals surface area contributed by atoms with Crippen molar-refractivity contribution in [3.05, 3.63) is 83.9 Å². The number of fused-ring (bicyclic) bond motifs is 2. The second kappa shape index (κ2) is 5.15. The fourth-order valence-electron chi connectivity index (χ4n) is 2.91. The number of hydrogen-bond acceptors (Lipinski definition) is 2. The van der Waals surface area contributed by atoms with Crippen LogP contribution in [0.25, 0.3) is 21.8 Å². The summed E-state index contributed by atoms with van der Waals surface area (Å²) in [7, 11) is 0. The molecule has 2 nitrogen and oxygen atoms in total. The molecule has 1 aromatic heterocycles. The van der Waals surface area contributed by atoms with Crippen molar-refractivity contribution in [2.24, 2.45) is 0 Å². The summed E-state index contributed by atoms with van der Waals surface area (Å²) in [5.74, 6) is 0. The first-order chi connectivity index (χ1) is 10.8. The van der Waals surface area contributed by atoms with Crippen LogP contribution >= 0.6 is 0 Å². The quantitative estimate of drug-likeness (QED) is 0.548. The van der Waals surface area contributed by atoms with Gasteiger partial charge in [0, 0.05) is 10.8 Å². The highest BCUT2D eigenvalue weighted by molar-refractivity contribution is 6.06. The highest BCUT2D eigenvalue weighted by atomic mass is 14.7. The van der Waals surface area contributed by atoms with E-state index in [2.05, 4.69) is 42.5 Å². The number of benzene rings is 3. The molecule has 0 aliphatic heterocycles. The van der Waals surface area contributed by atoms with Gasteiger partial charge in [0.15, 0.2) is 0 Å². The van der Waals surface area contributed by atoms with Crippen LogP contribution in [0.3, 0.4) is 0 Å². The van der Waals surface area contributed by atoms with Gasteiger partial charge in [-0.3, -0.25) is 0 Å². The summed E-state index contributed by atoms with van der Waals surface area (Å²) in [6.07, 6.45) is 0.906. The van der Waals surface area contributed by atoms with E-state index in [0.717, 1.165) is 33.9 Å². The Morgan fingerprint density at radius 1 is 0.682 bits per heavy atom. The van der Waals surface area contributed by atoms with Crippen LogP contribution in [0.4, 0.5) is 5.69 Å². The van der Waals surface area contributed by atoms with E-state index in [1.807, 2.05) is 30.3 Å². The molecule has 0 unspecified atom stereocenters. The Morgan fingerprint density at radius 2 is 1.41 bits per heavy atom. The minimum Gasteiger partial charge on any atom is -0.398 e. The number of nitrogens with two attached hydrogens (primary N) is 1. The Kier molecular flexibility index (Phi) is 3.01. The lowest BCUT2D eigenvalue weighted by Gasteiger charge is -2.09. The van der Waals surface area contributed by atoms with E-state index >= 15 is 0 Å². The SMILES string of the molecule is Nc1c2ccccc2nc2ccc(Cc3ccccc3)cc12. The van der Waals surface area contributed by atoms with Crippen LogP contribution < -0.4 is 5.73 Å². The van der Waals surface area contributed by atoms with Crippen LogP contribution in [-0.4, -0.2) is 4.98 Å². The molecule has 0 atom stereocenters. The standard InChI is InChI=1S/C20H16N2/c21-20-16-8-4-5-9-18(16)22-19-11-10-15(13-17(19)20)12-14-6-2-1-3-7-14/h1-11,13H,12H2,(H2,21,22). The molecule has 106 valence electrons. The molecule has 0 aliphatic carbocycles. The topological polar surface area (TPSA) is 38.9 Å². The van der Waals surface area contributed by atoms with E-state index in [0.29, 0.717) is 0 Å². The second-order valence-electron chi connectivity index (χ2n) is 5.56. The van der Waals surface area contributed by atoms with Crippen LogP contribution in [0.5, 0.6) is 0 Å². The third-order valence-electron chi connectivity index (χ3n) is 4.04. The Morgan fingerprint density at radius 3 is 2.27 bits per heavy atom. The zero-order valence-electron chi connectivity index (χ0n) is 12.2. The third-order valence-corrected chi connectivity index (χ3v) is 4.04. The molecule has 3 aromatic carbocycles. The minimum absolute atomic E-state index is 0.815. The normalized spacial score (nSPS) is 11.1. The zero-order chi connectivity index (χ0) is 14.9. The Balaban J connectivity index is 1.86. The van der Waals surface area contributed by atoms with Gasteiger partial charge in [-0.15, -0.1) is 0 Å². The molecule has 4 aromatic rings. The van der Waals surface area contributed by atoms with Crippen molar-refractivity contribution in [2.45, 2.75) is 6.42 Å². The van der Waals surface area contributed by atoms with Gasteiger partial charge in [0.25, 0.3) is 0 Å². The number of hydrogen-bond donors (Lipinski definition) is 1. The Bertz CT molecular complexity index is 959. The van der Waals surface area contributed by atoms with Crippen molar-refractivity contribution < 1.29 is 0 Å². The van der Waals surface area contributed by atoms with Gasteiger partial charge in [-0.05, 0) is 35.7 Å². The van der Waals surface area contributed by atoms with Gasteiger partial charge < -0.3 is 5.73 Å². The lowest BCUT2D eigenvalue weighted by atomic mass is 10.0. The molecule has 2 heteroatoms. The van der Waals surface area contributed by atoms with Crippen LogP contribution in [-0.2, 0) is 6.42 Å². The summed E-state index contributed by atoms with van der Waals surface area (Å²) >= 11 is 0. The van der Waals surface area contributed by atoms with E-state index < -0.39 is 0 Å². The van der Waals surface area contributed by atoms with Crippen molar-refractivity contribution >= 4 is 27.5 Å². The van der Waals surface area contributed by atoms with Gasteiger partial charge in [-0.25, -0.2) is 4.98 Å². The zero-order valence-corrected chi connectivity index (χ0v) is 12.2. The fourth-order valence-corrected chi connectivity index (χ4v) is 2.91. The number of rotatable bonds is 2. The molecular formula is C20H16N2.